The third-order valence-electron chi connectivity index (χ3n) is 5.47. The smallest absolute Gasteiger partial charge is 0.253 e. The molecule has 1 aliphatic rings. The number of piperidine rings is 1. The fourth-order valence-corrected chi connectivity index (χ4v) is 4.11. The first kappa shape index (κ1) is 22.3. The number of hydrogen-bond donors (Lipinski definition) is 1. The second kappa shape index (κ2) is 10.1. The molecule has 1 fully saturated rings. The highest BCUT2D eigenvalue weighted by Gasteiger charge is 2.29. The molecule has 1 saturated heterocycles. The number of anilines is 2. The molecule has 1 atom stereocenters. The first-order valence-corrected chi connectivity index (χ1v) is 11.3. The summed E-state index contributed by atoms with van der Waals surface area (Å²) in [4.78, 5) is 33.9. The van der Waals surface area contributed by atoms with Crippen LogP contribution in [-0.4, -0.2) is 47.4 Å². The summed E-state index contributed by atoms with van der Waals surface area (Å²) >= 11 is 3.34. The number of carbonyl (C=O) groups excluding carboxylic acids is 2. The Morgan fingerprint density at radius 2 is 1.97 bits per heavy atom. The molecule has 1 aliphatic heterocycles. The number of nitrogens with one attached hydrogen (secondary N) is 1. The van der Waals surface area contributed by atoms with Gasteiger partial charge in [-0.25, -0.2) is 4.98 Å². The molecule has 3 rings (SSSR count). The highest BCUT2D eigenvalue weighted by atomic mass is 79.9. The Morgan fingerprint density at radius 1 is 1.23 bits per heavy atom. The lowest BCUT2D eigenvalue weighted by molar-refractivity contribution is -0.121. The third-order valence-corrected chi connectivity index (χ3v) is 5.94. The molecule has 1 aromatic heterocycles. The number of amides is 2. The van der Waals surface area contributed by atoms with Crippen molar-refractivity contribution in [3.05, 3.63) is 52.6 Å². The average molecular weight is 473 g/mol. The van der Waals surface area contributed by atoms with Crippen LogP contribution in [0.25, 0.3) is 0 Å². The van der Waals surface area contributed by atoms with Crippen molar-refractivity contribution in [2.24, 2.45) is 5.92 Å². The SMILES string of the molecule is CCN(c1ccc(C(=O)N2CCCC(C(=O)Nc3ccc(Br)cn3)C2)cc1)C(C)C. The summed E-state index contributed by atoms with van der Waals surface area (Å²) in [6.07, 6.45) is 3.23. The second-order valence-corrected chi connectivity index (χ2v) is 8.78. The third kappa shape index (κ3) is 5.39. The zero-order valence-electron chi connectivity index (χ0n) is 17.8. The minimum atomic E-state index is -0.232. The van der Waals surface area contributed by atoms with E-state index < -0.39 is 0 Å². The predicted molar refractivity (Wildman–Crippen MR) is 124 cm³/mol. The summed E-state index contributed by atoms with van der Waals surface area (Å²) < 4.78 is 0.858. The van der Waals surface area contributed by atoms with E-state index in [4.69, 9.17) is 0 Å². The summed E-state index contributed by atoms with van der Waals surface area (Å²) in [5.74, 6) is 0.179. The number of rotatable bonds is 6. The van der Waals surface area contributed by atoms with Gasteiger partial charge in [0.25, 0.3) is 5.91 Å². The summed E-state index contributed by atoms with van der Waals surface area (Å²) in [5, 5.41) is 2.86. The first-order chi connectivity index (χ1) is 14.4. The maximum absolute atomic E-state index is 13.0. The van der Waals surface area contributed by atoms with Crippen LogP contribution >= 0.6 is 15.9 Å². The lowest BCUT2D eigenvalue weighted by atomic mass is 9.96. The Hall–Kier alpha value is -2.41. The molecule has 2 amide bonds. The Morgan fingerprint density at radius 3 is 2.57 bits per heavy atom. The van der Waals surface area contributed by atoms with Gasteiger partial charge in [0.15, 0.2) is 0 Å². The van der Waals surface area contributed by atoms with Gasteiger partial charge in [-0.15, -0.1) is 0 Å². The molecule has 0 radical (unpaired) electrons. The van der Waals surface area contributed by atoms with E-state index in [9.17, 15) is 9.59 Å². The Kier molecular flexibility index (Phi) is 7.48. The molecule has 30 heavy (non-hydrogen) atoms. The van der Waals surface area contributed by atoms with Gasteiger partial charge in [-0.1, -0.05) is 0 Å². The van der Waals surface area contributed by atoms with Crippen molar-refractivity contribution in [2.75, 3.05) is 29.9 Å². The molecule has 2 aromatic rings. The molecule has 1 unspecified atom stereocenters. The predicted octanol–water partition coefficient (Wildman–Crippen LogP) is 4.57. The van der Waals surface area contributed by atoms with E-state index in [0.717, 1.165) is 29.5 Å². The molecule has 0 spiro atoms. The lowest BCUT2D eigenvalue weighted by Gasteiger charge is -2.32. The number of likely N-dealkylation sites (tertiary alicyclic amines) is 1. The molecule has 6 nitrogen and oxygen atoms in total. The van der Waals surface area contributed by atoms with Gasteiger partial charge in [0.05, 0.1) is 5.92 Å². The summed E-state index contributed by atoms with van der Waals surface area (Å²) in [5.41, 5.74) is 1.77. The van der Waals surface area contributed by atoms with E-state index in [-0.39, 0.29) is 17.7 Å². The summed E-state index contributed by atoms with van der Waals surface area (Å²) in [6.45, 7) is 8.46. The van der Waals surface area contributed by atoms with Gasteiger partial charge in [-0.3, -0.25) is 9.59 Å². The Bertz CT molecular complexity index is 868. The normalized spacial score (nSPS) is 16.4. The highest BCUT2D eigenvalue weighted by Crippen LogP contribution is 2.23. The number of benzene rings is 1. The quantitative estimate of drug-likeness (QED) is 0.668. The molecule has 0 saturated carbocycles. The van der Waals surface area contributed by atoms with Gasteiger partial charge in [-0.05, 0) is 85.9 Å². The van der Waals surface area contributed by atoms with Crippen LogP contribution in [0.5, 0.6) is 0 Å². The van der Waals surface area contributed by atoms with E-state index >= 15 is 0 Å². The Balaban J connectivity index is 1.63. The van der Waals surface area contributed by atoms with E-state index in [1.54, 1.807) is 17.2 Å². The fourth-order valence-electron chi connectivity index (χ4n) is 3.88. The summed E-state index contributed by atoms with van der Waals surface area (Å²) in [6, 6.07) is 11.8. The van der Waals surface area contributed by atoms with Crippen LogP contribution in [0.4, 0.5) is 11.5 Å². The zero-order chi connectivity index (χ0) is 21.7. The topological polar surface area (TPSA) is 65.5 Å². The lowest BCUT2D eigenvalue weighted by Crippen LogP contribution is -2.43. The maximum Gasteiger partial charge on any atom is 0.253 e. The van der Waals surface area contributed by atoms with E-state index in [0.29, 0.717) is 30.5 Å². The summed E-state index contributed by atoms with van der Waals surface area (Å²) in [7, 11) is 0. The number of hydrogen-bond acceptors (Lipinski definition) is 4. The molecule has 0 aliphatic carbocycles. The molecule has 1 N–H and O–H groups in total. The standard InChI is InChI=1S/C23H29BrN4O2/c1-4-28(16(2)3)20-10-7-17(8-11-20)23(30)27-13-5-6-18(15-27)22(29)26-21-12-9-19(24)14-25-21/h7-12,14,16,18H,4-6,13,15H2,1-3H3,(H,25,26,29). The monoisotopic (exact) mass is 472 g/mol. The van der Waals surface area contributed by atoms with Crippen LogP contribution in [0.3, 0.4) is 0 Å². The first-order valence-electron chi connectivity index (χ1n) is 10.5. The van der Waals surface area contributed by atoms with Gasteiger partial charge >= 0.3 is 0 Å². The average Bonchev–Trinajstić information content (AvgIpc) is 2.75. The van der Waals surface area contributed by atoms with Gasteiger partial charge < -0.3 is 15.1 Å². The van der Waals surface area contributed by atoms with Crippen molar-refractivity contribution >= 4 is 39.2 Å². The van der Waals surface area contributed by atoms with Crippen molar-refractivity contribution in [3.8, 4) is 0 Å². The van der Waals surface area contributed by atoms with Crippen LogP contribution in [-0.2, 0) is 4.79 Å². The number of pyridine rings is 1. The molecular formula is C23H29BrN4O2. The number of aromatic nitrogens is 1. The van der Waals surface area contributed by atoms with Crippen LogP contribution in [0.1, 0.15) is 44.0 Å². The van der Waals surface area contributed by atoms with E-state index in [1.165, 1.54) is 0 Å². The minimum Gasteiger partial charge on any atom is -0.369 e. The number of carbonyl (C=O) groups is 2. The van der Waals surface area contributed by atoms with Gasteiger partial charge in [0.1, 0.15) is 5.82 Å². The molecule has 160 valence electrons. The molecule has 7 heteroatoms. The van der Waals surface area contributed by atoms with Crippen molar-refractivity contribution in [2.45, 2.75) is 39.7 Å². The van der Waals surface area contributed by atoms with Crippen LogP contribution in [0.15, 0.2) is 47.1 Å². The van der Waals surface area contributed by atoms with Crippen LogP contribution in [0, 0.1) is 5.92 Å². The van der Waals surface area contributed by atoms with Crippen molar-refractivity contribution in [3.63, 3.8) is 0 Å². The van der Waals surface area contributed by atoms with Crippen molar-refractivity contribution in [1.29, 1.82) is 0 Å². The number of halogens is 1. The van der Waals surface area contributed by atoms with Crippen molar-refractivity contribution in [1.82, 2.24) is 9.88 Å². The number of nitrogens with zero attached hydrogens (tertiary/aromatic N) is 3. The second-order valence-electron chi connectivity index (χ2n) is 7.87. The highest BCUT2D eigenvalue weighted by molar-refractivity contribution is 9.10. The van der Waals surface area contributed by atoms with E-state index in [2.05, 4.69) is 51.9 Å². The zero-order valence-corrected chi connectivity index (χ0v) is 19.4. The Labute approximate surface area is 186 Å². The largest absolute Gasteiger partial charge is 0.369 e. The molecular weight excluding hydrogens is 444 g/mol. The van der Waals surface area contributed by atoms with Crippen molar-refractivity contribution < 1.29 is 9.59 Å². The minimum absolute atomic E-state index is 0.0200. The van der Waals surface area contributed by atoms with Crippen LogP contribution in [0.2, 0.25) is 0 Å². The maximum atomic E-state index is 13.0. The van der Waals surface area contributed by atoms with Crippen LogP contribution < -0.4 is 10.2 Å². The molecule has 0 bridgehead atoms. The van der Waals surface area contributed by atoms with Gasteiger partial charge in [0, 0.05) is 47.6 Å². The van der Waals surface area contributed by atoms with E-state index in [1.807, 2.05) is 30.3 Å². The fraction of sp³-hybridized carbons (Fsp3) is 0.435. The molecule has 1 aromatic carbocycles. The molecule has 2 heterocycles. The van der Waals surface area contributed by atoms with Gasteiger partial charge in [-0.2, -0.15) is 0 Å². The van der Waals surface area contributed by atoms with Gasteiger partial charge in [0.2, 0.25) is 5.91 Å².